The van der Waals surface area contributed by atoms with Gasteiger partial charge in [-0.15, -0.1) is 0 Å². The standard InChI is InChI=1S/C12H11F2N3O3/c1-19-9-3-2-8(6-10(9)20-11(13)14)16-12(18)17-5-4-15-7-17/h2-7,11H,1H3,(H,16,18). The fourth-order valence-corrected chi connectivity index (χ4v) is 1.51. The fourth-order valence-electron chi connectivity index (χ4n) is 1.51. The molecule has 20 heavy (non-hydrogen) atoms. The molecule has 2 rings (SSSR count). The third-order valence-electron chi connectivity index (χ3n) is 2.37. The quantitative estimate of drug-likeness (QED) is 0.936. The van der Waals surface area contributed by atoms with Crippen LogP contribution in [0.4, 0.5) is 19.3 Å². The summed E-state index contributed by atoms with van der Waals surface area (Å²) in [5.41, 5.74) is 0.292. The number of imidazole rings is 1. The van der Waals surface area contributed by atoms with Gasteiger partial charge in [0.25, 0.3) is 0 Å². The molecule has 0 atom stereocenters. The van der Waals surface area contributed by atoms with Gasteiger partial charge in [-0.05, 0) is 12.1 Å². The lowest BCUT2D eigenvalue weighted by molar-refractivity contribution is -0.0511. The topological polar surface area (TPSA) is 65.4 Å². The highest BCUT2D eigenvalue weighted by Gasteiger charge is 2.12. The molecule has 1 heterocycles. The van der Waals surface area contributed by atoms with E-state index in [0.29, 0.717) is 5.69 Å². The number of benzene rings is 1. The molecular formula is C12H11F2N3O3. The van der Waals surface area contributed by atoms with E-state index in [1.807, 2.05) is 0 Å². The van der Waals surface area contributed by atoms with Crippen molar-refractivity contribution in [3.05, 3.63) is 36.9 Å². The number of hydrogen-bond donors (Lipinski definition) is 1. The third-order valence-corrected chi connectivity index (χ3v) is 2.37. The maximum Gasteiger partial charge on any atom is 0.387 e. The smallest absolute Gasteiger partial charge is 0.387 e. The second-order valence-electron chi connectivity index (χ2n) is 3.64. The molecule has 0 aliphatic carbocycles. The lowest BCUT2D eigenvalue weighted by Gasteiger charge is -2.12. The van der Waals surface area contributed by atoms with Gasteiger partial charge in [-0.2, -0.15) is 8.78 Å². The summed E-state index contributed by atoms with van der Waals surface area (Å²) < 4.78 is 35.0. The number of halogens is 2. The van der Waals surface area contributed by atoms with E-state index in [4.69, 9.17) is 4.74 Å². The Bertz CT molecular complexity index is 588. The Morgan fingerprint density at radius 2 is 2.20 bits per heavy atom. The number of methoxy groups -OCH3 is 1. The lowest BCUT2D eigenvalue weighted by atomic mass is 10.3. The number of amides is 1. The molecule has 8 heteroatoms. The highest BCUT2D eigenvalue weighted by Crippen LogP contribution is 2.31. The average Bonchev–Trinajstić information content (AvgIpc) is 2.92. The predicted octanol–water partition coefficient (Wildman–Crippen LogP) is 2.57. The Labute approximate surface area is 112 Å². The summed E-state index contributed by atoms with van der Waals surface area (Å²) in [7, 11) is 1.33. The molecule has 0 saturated heterocycles. The summed E-state index contributed by atoms with van der Waals surface area (Å²) in [5.74, 6) is -0.0168. The van der Waals surface area contributed by atoms with Crippen LogP contribution in [0.2, 0.25) is 0 Å². The van der Waals surface area contributed by atoms with E-state index in [-0.39, 0.29) is 11.5 Å². The number of ether oxygens (including phenoxy) is 2. The van der Waals surface area contributed by atoms with Crippen molar-refractivity contribution in [1.29, 1.82) is 0 Å². The number of nitrogens with zero attached hydrogens (tertiary/aromatic N) is 2. The fraction of sp³-hybridized carbons (Fsp3) is 0.167. The van der Waals surface area contributed by atoms with Gasteiger partial charge in [0.15, 0.2) is 11.5 Å². The number of anilines is 1. The lowest BCUT2D eigenvalue weighted by Crippen LogP contribution is -2.17. The minimum Gasteiger partial charge on any atom is -0.493 e. The molecule has 0 aliphatic rings. The number of nitrogens with one attached hydrogen (secondary N) is 1. The van der Waals surface area contributed by atoms with Crippen LogP contribution in [0.15, 0.2) is 36.9 Å². The molecule has 0 saturated carbocycles. The van der Waals surface area contributed by atoms with Crippen molar-refractivity contribution < 1.29 is 23.0 Å². The van der Waals surface area contributed by atoms with Crippen LogP contribution in [0.3, 0.4) is 0 Å². The van der Waals surface area contributed by atoms with Crippen LogP contribution in [-0.4, -0.2) is 29.3 Å². The van der Waals surface area contributed by atoms with Crippen molar-refractivity contribution in [2.24, 2.45) is 0 Å². The van der Waals surface area contributed by atoms with Gasteiger partial charge in [-0.1, -0.05) is 0 Å². The van der Waals surface area contributed by atoms with Gasteiger partial charge in [0.1, 0.15) is 6.33 Å². The molecule has 2 aromatic rings. The number of rotatable bonds is 4. The monoisotopic (exact) mass is 283 g/mol. The molecular weight excluding hydrogens is 272 g/mol. The summed E-state index contributed by atoms with van der Waals surface area (Å²) in [4.78, 5) is 15.5. The van der Waals surface area contributed by atoms with Crippen LogP contribution >= 0.6 is 0 Å². The largest absolute Gasteiger partial charge is 0.493 e. The first-order valence-electron chi connectivity index (χ1n) is 5.52. The van der Waals surface area contributed by atoms with E-state index in [9.17, 15) is 13.6 Å². The van der Waals surface area contributed by atoms with Gasteiger partial charge in [0.2, 0.25) is 0 Å². The summed E-state index contributed by atoms with van der Waals surface area (Å²) in [6.07, 6.45) is 4.21. The number of carbonyl (C=O) groups excluding carboxylic acids is 1. The Hall–Kier alpha value is -2.64. The second kappa shape index (κ2) is 6.00. The van der Waals surface area contributed by atoms with Gasteiger partial charge in [0, 0.05) is 24.1 Å². The molecule has 0 spiro atoms. The maximum atomic E-state index is 12.3. The molecule has 1 amide bonds. The van der Waals surface area contributed by atoms with Gasteiger partial charge in [0.05, 0.1) is 7.11 Å². The number of hydrogen-bond acceptors (Lipinski definition) is 4. The minimum atomic E-state index is -2.98. The van der Waals surface area contributed by atoms with E-state index in [2.05, 4.69) is 15.0 Å². The van der Waals surface area contributed by atoms with Gasteiger partial charge >= 0.3 is 12.6 Å². The molecule has 1 N–H and O–H groups in total. The second-order valence-corrected chi connectivity index (χ2v) is 3.64. The zero-order valence-electron chi connectivity index (χ0n) is 10.4. The Balaban J connectivity index is 2.18. The van der Waals surface area contributed by atoms with Crippen molar-refractivity contribution in [1.82, 2.24) is 9.55 Å². The van der Waals surface area contributed by atoms with Crippen molar-refractivity contribution in [3.63, 3.8) is 0 Å². The molecule has 0 bridgehead atoms. The average molecular weight is 283 g/mol. The SMILES string of the molecule is COc1ccc(NC(=O)n2ccnc2)cc1OC(F)F. The Morgan fingerprint density at radius 3 is 2.80 bits per heavy atom. The van der Waals surface area contributed by atoms with Crippen LogP contribution in [0.1, 0.15) is 0 Å². The Morgan fingerprint density at radius 1 is 1.40 bits per heavy atom. The minimum absolute atomic E-state index is 0.144. The van der Waals surface area contributed by atoms with Gasteiger partial charge in [-0.25, -0.2) is 9.78 Å². The molecule has 0 fully saturated rings. The third kappa shape index (κ3) is 3.22. The molecule has 0 aliphatic heterocycles. The van der Waals surface area contributed by atoms with Crippen molar-refractivity contribution in [3.8, 4) is 11.5 Å². The summed E-state index contributed by atoms with van der Waals surface area (Å²) in [6.45, 7) is -2.98. The van der Waals surface area contributed by atoms with Crippen LogP contribution in [0.25, 0.3) is 0 Å². The van der Waals surface area contributed by atoms with E-state index in [1.54, 1.807) is 0 Å². The van der Waals surface area contributed by atoms with Gasteiger partial charge in [-0.3, -0.25) is 4.57 Å². The van der Waals surface area contributed by atoms with Crippen LogP contribution < -0.4 is 14.8 Å². The molecule has 0 unspecified atom stereocenters. The molecule has 1 aromatic carbocycles. The summed E-state index contributed by atoms with van der Waals surface area (Å²) in [6, 6.07) is 3.70. The maximum absolute atomic E-state index is 12.3. The molecule has 6 nitrogen and oxygen atoms in total. The highest BCUT2D eigenvalue weighted by atomic mass is 19.3. The van der Waals surface area contributed by atoms with Crippen molar-refractivity contribution >= 4 is 11.7 Å². The normalized spacial score (nSPS) is 10.4. The van der Waals surface area contributed by atoms with Crippen molar-refractivity contribution in [2.45, 2.75) is 6.61 Å². The van der Waals surface area contributed by atoms with Crippen LogP contribution in [0, 0.1) is 0 Å². The number of carbonyl (C=O) groups is 1. The predicted molar refractivity (Wildman–Crippen MR) is 66.3 cm³/mol. The highest BCUT2D eigenvalue weighted by molar-refractivity contribution is 5.91. The van der Waals surface area contributed by atoms with E-state index in [0.717, 1.165) is 0 Å². The molecule has 1 aromatic heterocycles. The molecule has 106 valence electrons. The number of alkyl halides is 2. The van der Waals surface area contributed by atoms with Gasteiger partial charge < -0.3 is 14.8 Å². The first kappa shape index (κ1) is 13.8. The summed E-state index contributed by atoms with van der Waals surface area (Å²) >= 11 is 0. The summed E-state index contributed by atoms with van der Waals surface area (Å²) in [5, 5.41) is 2.51. The van der Waals surface area contributed by atoms with E-state index >= 15 is 0 Å². The van der Waals surface area contributed by atoms with Crippen LogP contribution in [0.5, 0.6) is 11.5 Å². The first-order chi connectivity index (χ1) is 9.60. The first-order valence-corrected chi connectivity index (χ1v) is 5.52. The number of aromatic nitrogens is 2. The van der Waals surface area contributed by atoms with Crippen LogP contribution in [-0.2, 0) is 0 Å². The van der Waals surface area contributed by atoms with Crippen molar-refractivity contribution in [2.75, 3.05) is 12.4 Å². The zero-order valence-corrected chi connectivity index (χ0v) is 10.4. The van der Waals surface area contributed by atoms with E-state index in [1.165, 1.54) is 48.6 Å². The van der Waals surface area contributed by atoms with E-state index < -0.39 is 12.6 Å². The Kier molecular flexibility index (Phi) is 4.14. The molecule has 0 radical (unpaired) electrons. The zero-order chi connectivity index (χ0) is 14.5.